The van der Waals surface area contributed by atoms with E-state index in [2.05, 4.69) is 10.3 Å². The van der Waals surface area contributed by atoms with Crippen LogP contribution in [-0.4, -0.2) is 11.3 Å². The molecule has 1 atom stereocenters. The molecular weight excluding hydrogens is 187 g/mol. The fourth-order valence-electron chi connectivity index (χ4n) is 1.22. The first kappa shape index (κ1) is 8.31. The summed E-state index contributed by atoms with van der Waals surface area (Å²) in [4.78, 5) is 3.90. The number of rotatable bonds is 1. The van der Waals surface area contributed by atoms with Crippen molar-refractivity contribution in [1.82, 2.24) is 5.32 Å². The SMILES string of the molecule is Fc1cccc(C2C=NC(=S)N2)c1. The second kappa shape index (κ2) is 3.22. The van der Waals surface area contributed by atoms with E-state index in [4.69, 9.17) is 12.2 Å². The first-order valence-electron chi connectivity index (χ1n) is 3.86. The third-order valence-corrected chi connectivity index (χ3v) is 2.05. The Morgan fingerprint density at radius 3 is 2.92 bits per heavy atom. The molecule has 0 aliphatic carbocycles. The van der Waals surface area contributed by atoms with Crippen molar-refractivity contribution in [2.45, 2.75) is 6.04 Å². The van der Waals surface area contributed by atoms with Gasteiger partial charge in [0.1, 0.15) is 5.82 Å². The van der Waals surface area contributed by atoms with E-state index in [0.717, 1.165) is 5.56 Å². The second-order valence-corrected chi connectivity index (χ2v) is 3.15. The average molecular weight is 194 g/mol. The lowest BCUT2D eigenvalue weighted by Gasteiger charge is -2.07. The molecule has 1 heterocycles. The Morgan fingerprint density at radius 1 is 1.46 bits per heavy atom. The van der Waals surface area contributed by atoms with Crippen LogP contribution < -0.4 is 5.32 Å². The molecule has 0 aromatic heterocycles. The van der Waals surface area contributed by atoms with E-state index >= 15 is 0 Å². The molecule has 2 nitrogen and oxygen atoms in total. The van der Waals surface area contributed by atoms with Crippen LogP contribution in [0, 0.1) is 5.82 Å². The van der Waals surface area contributed by atoms with Crippen molar-refractivity contribution in [3.63, 3.8) is 0 Å². The number of nitrogens with zero attached hydrogens (tertiary/aromatic N) is 1. The molecule has 0 saturated heterocycles. The molecule has 1 unspecified atom stereocenters. The number of hydrogen-bond donors (Lipinski definition) is 1. The van der Waals surface area contributed by atoms with Crippen LogP contribution in [0.4, 0.5) is 4.39 Å². The molecule has 0 amide bonds. The van der Waals surface area contributed by atoms with Crippen molar-refractivity contribution in [3.05, 3.63) is 35.6 Å². The van der Waals surface area contributed by atoms with Crippen molar-refractivity contribution >= 4 is 23.5 Å². The molecule has 0 fully saturated rings. The van der Waals surface area contributed by atoms with Crippen LogP contribution in [0.15, 0.2) is 29.3 Å². The monoisotopic (exact) mass is 194 g/mol. The highest BCUT2D eigenvalue weighted by Crippen LogP contribution is 2.15. The predicted octanol–water partition coefficient (Wildman–Crippen LogP) is 1.83. The van der Waals surface area contributed by atoms with Crippen molar-refractivity contribution in [2.24, 2.45) is 4.99 Å². The molecule has 1 aliphatic rings. The van der Waals surface area contributed by atoms with E-state index in [1.807, 2.05) is 6.07 Å². The molecule has 0 saturated carbocycles. The second-order valence-electron chi connectivity index (χ2n) is 2.76. The number of hydrogen-bond acceptors (Lipinski definition) is 1. The smallest absolute Gasteiger partial charge is 0.193 e. The lowest BCUT2D eigenvalue weighted by Crippen LogP contribution is -2.19. The number of aliphatic imine (C=N–C) groups is 1. The number of benzene rings is 1. The Hall–Kier alpha value is -1.29. The first-order chi connectivity index (χ1) is 6.25. The van der Waals surface area contributed by atoms with E-state index in [9.17, 15) is 4.39 Å². The van der Waals surface area contributed by atoms with Gasteiger partial charge < -0.3 is 5.32 Å². The lowest BCUT2D eigenvalue weighted by molar-refractivity contribution is 0.624. The molecule has 1 N–H and O–H groups in total. The minimum Gasteiger partial charge on any atom is -0.349 e. The molecule has 66 valence electrons. The van der Waals surface area contributed by atoms with E-state index in [1.54, 1.807) is 12.3 Å². The topological polar surface area (TPSA) is 24.4 Å². The van der Waals surface area contributed by atoms with E-state index in [-0.39, 0.29) is 11.9 Å². The van der Waals surface area contributed by atoms with Crippen LogP contribution in [0.2, 0.25) is 0 Å². The zero-order valence-electron chi connectivity index (χ0n) is 6.70. The maximum absolute atomic E-state index is 12.8. The predicted molar refractivity (Wildman–Crippen MR) is 53.4 cm³/mol. The summed E-state index contributed by atoms with van der Waals surface area (Å²) in [5.41, 5.74) is 0.837. The van der Waals surface area contributed by atoms with Crippen LogP contribution in [0.5, 0.6) is 0 Å². The normalized spacial score (nSPS) is 20.4. The Kier molecular flexibility index (Phi) is 2.06. The highest BCUT2D eigenvalue weighted by molar-refractivity contribution is 7.80. The molecule has 0 bridgehead atoms. The molecule has 0 spiro atoms. The zero-order valence-corrected chi connectivity index (χ0v) is 7.51. The van der Waals surface area contributed by atoms with Crippen LogP contribution in [0.1, 0.15) is 11.6 Å². The Labute approximate surface area is 80.5 Å². The standard InChI is InChI=1S/C9H7FN2S/c10-7-3-1-2-6(4-7)8-5-11-9(13)12-8/h1-5,8H,(H,12,13). The summed E-state index contributed by atoms with van der Waals surface area (Å²) in [6.45, 7) is 0. The zero-order chi connectivity index (χ0) is 9.26. The van der Waals surface area contributed by atoms with E-state index in [1.165, 1.54) is 12.1 Å². The van der Waals surface area contributed by atoms with Gasteiger partial charge in [-0.15, -0.1) is 0 Å². The summed E-state index contributed by atoms with van der Waals surface area (Å²) in [5.74, 6) is -0.245. The molecule has 1 aliphatic heterocycles. The highest BCUT2D eigenvalue weighted by atomic mass is 32.1. The third-order valence-electron chi connectivity index (χ3n) is 1.83. The maximum Gasteiger partial charge on any atom is 0.193 e. The van der Waals surface area contributed by atoms with Crippen LogP contribution in [-0.2, 0) is 0 Å². The maximum atomic E-state index is 12.8. The average Bonchev–Trinajstić information content (AvgIpc) is 2.52. The number of halogens is 1. The van der Waals surface area contributed by atoms with E-state index < -0.39 is 0 Å². The summed E-state index contributed by atoms with van der Waals surface area (Å²) < 4.78 is 12.8. The van der Waals surface area contributed by atoms with Crippen molar-refractivity contribution in [2.75, 3.05) is 0 Å². The molecule has 13 heavy (non-hydrogen) atoms. The molecule has 4 heteroatoms. The first-order valence-corrected chi connectivity index (χ1v) is 4.27. The minimum absolute atomic E-state index is 0.0804. The Balaban J connectivity index is 2.27. The number of nitrogens with one attached hydrogen (secondary N) is 1. The molecule has 1 aromatic rings. The lowest BCUT2D eigenvalue weighted by atomic mass is 10.1. The minimum atomic E-state index is -0.245. The van der Waals surface area contributed by atoms with Gasteiger partial charge in [0.2, 0.25) is 0 Å². The van der Waals surface area contributed by atoms with Gasteiger partial charge in [-0.1, -0.05) is 12.1 Å². The van der Waals surface area contributed by atoms with Crippen LogP contribution in [0.25, 0.3) is 0 Å². The van der Waals surface area contributed by atoms with Crippen molar-refractivity contribution in [3.8, 4) is 0 Å². The molecular formula is C9H7FN2S. The Bertz CT molecular complexity index is 376. The Morgan fingerprint density at radius 2 is 2.31 bits per heavy atom. The van der Waals surface area contributed by atoms with Gasteiger partial charge in [-0.05, 0) is 29.9 Å². The summed E-state index contributed by atoms with van der Waals surface area (Å²) in [6.07, 6.45) is 1.68. The largest absolute Gasteiger partial charge is 0.349 e. The molecule has 1 aromatic carbocycles. The van der Waals surface area contributed by atoms with E-state index in [0.29, 0.717) is 5.11 Å². The van der Waals surface area contributed by atoms with Gasteiger partial charge in [0.05, 0.1) is 6.04 Å². The summed E-state index contributed by atoms with van der Waals surface area (Å²) >= 11 is 4.83. The van der Waals surface area contributed by atoms with Crippen molar-refractivity contribution < 1.29 is 4.39 Å². The molecule has 2 rings (SSSR count). The highest BCUT2D eigenvalue weighted by Gasteiger charge is 2.15. The van der Waals surface area contributed by atoms with Gasteiger partial charge in [0.15, 0.2) is 5.11 Å². The van der Waals surface area contributed by atoms with Gasteiger partial charge in [-0.3, -0.25) is 0 Å². The van der Waals surface area contributed by atoms with Gasteiger partial charge in [-0.25, -0.2) is 9.38 Å². The van der Waals surface area contributed by atoms with Crippen molar-refractivity contribution in [1.29, 1.82) is 0 Å². The van der Waals surface area contributed by atoms with Gasteiger partial charge in [0, 0.05) is 6.21 Å². The van der Waals surface area contributed by atoms with Crippen LogP contribution in [0.3, 0.4) is 0 Å². The fraction of sp³-hybridized carbons (Fsp3) is 0.111. The molecule has 0 radical (unpaired) electrons. The van der Waals surface area contributed by atoms with Gasteiger partial charge in [-0.2, -0.15) is 0 Å². The summed E-state index contributed by atoms with van der Waals surface area (Å²) in [7, 11) is 0. The van der Waals surface area contributed by atoms with Crippen LogP contribution >= 0.6 is 12.2 Å². The fourth-order valence-corrected chi connectivity index (χ4v) is 1.41. The number of thiocarbonyl (C=S) groups is 1. The summed E-state index contributed by atoms with van der Waals surface area (Å²) in [5, 5.41) is 3.39. The van der Waals surface area contributed by atoms with Gasteiger partial charge in [0.25, 0.3) is 0 Å². The third kappa shape index (κ3) is 1.72. The summed E-state index contributed by atoms with van der Waals surface area (Å²) in [6, 6.07) is 6.30. The van der Waals surface area contributed by atoms with Gasteiger partial charge >= 0.3 is 0 Å². The quantitative estimate of drug-likeness (QED) is 0.690.